The minimum absolute atomic E-state index is 1.16. The first-order chi connectivity index (χ1) is 8.60. The van der Waals surface area contributed by atoms with E-state index in [-0.39, 0.29) is 0 Å². The quantitative estimate of drug-likeness (QED) is 0.403. The molecule has 0 aromatic carbocycles. The van der Waals surface area contributed by atoms with Crippen molar-refractivity contribution in [3.63, 3.8) is 0 Å². The van der Waals surface area contributed by atoms with Crippen molar-refractivity contribution in [2.75, 3.05) is 0 Å². The highest BCUT2D eigenvalue weighted by Crippen LogP contribution is 2.15. The van der Waals surface area contributed by atoms with Gasteiger partial charge in [-0.25, -0.2) is 0 Å². The number of unbranched alkanes of at least 4 members (excludes halogenated alkanes) is 1. The molecule has 0 aliphatic heterocycles. The zero-order valence-corrected chi connectivity index (χ0v) is 13.2. The van der Waals surface area contributed by atoms with Crippen LogP contribution in [0.5, 0.6) is 0 Å². The molecule has 0 heterocycles. The fraction of sp³-hybridized carbons (Fsp3) is 0.667. The standard InChI is InChI=1S/C18H32/c1-6-8-13-18(10-7-2)15-14-17(5)12-9-11-16(3)4/h11,13-14H,6-10,12,15H2,1-5H3/b17-14-,18-13+. The van der Waals surface area contributed by atoms with Gasteiger partial charge < -0.3 is 0 Å². The summed E-state index contributed by atoms with van der Waals surface area (Å²) in [5.41, 5.74) is 4.59. The molecule has 0 fully saturated rings. The van der Waals surface area contributed by atoms with Crippen LogP contribution in [0.25, 0.3) is 0 Å². The average Bonchev–Trinajstić information content (AvgIpc) is 2.32. The van der Waals surface area contributed by atoms with Gasteiger partial charge in [0.15, 0.2) is 0 Å². The molecule has 0 amide bonds. The SMILES string of the molecule is CCC/C=C(/C/C=C(/C)CCC=C(C)C)CCC. The van der Waals surface area contributed by atoms with E-state index in [1.165, 1.54) is 49.7 Å². The summed E-state index contributed by atoms with van der Waals surface area (Å²) in [5.74, 6) is 0. The molecule has 0 heteroatoms. The Kier molecular flexibility index (Phi) is 10.8. The van der Waals surface area contributed by atoms with Gasteiger partial charge in [-0.3, -0.25) is 0 Å². The first kappa shape index (κ1) is 17.2. The lowest BCUT2D eigenvalue weighted by atomic mass is 10.0. The summed E-state index contributed by atoms with van der Waals surface area (Å²) < 4.78 is 0. The Morgan fingerprint density at radius 1 is 0.778 bits per heavy atom. The second-order valence-electron chi connectivity index (χ2n) is 5.48. The molecule has 0 N–H and O–H groups in total. The van der Waals surface area contributed by atoms with Gasteiger partial charge >= 0.3 is 0 Å². The van der Waals surface area contributed by atoms with E-state index in [4.69, 9.17) is 0 Å². The highest BCUT2D eigenvalue weighted by molar-refractivity contribution is 5.11. The molecule has 0 saturated carbocycles. The predicted octanol–water partition coefficient (Wildman–Crippen LogP) is 6.60. The number of allylic oxidation sites excluding steroid dienone is 6. The molecular formula is C18H32. The van der Waals surface area contributed by atoms with Crippen LogP contribution < -0.4 is 0 Å². The molecule has 0 nitrogen and oxygen atoms in total. The average molecular weight is 248 g/mol. The lowest BCUT2D eigenvalue weighted by Gasteiger charge is -2.05. The van der Waals surface area contributed by atoms with Crippen molar-refractivity contribution in [2.24, 2.45) is 0 Å². The van der Waals surface area contributed by atoms with Crippen LogP contribution >= 0.6 is 0 Å². The lowest BCUT2D eigenvalue weighted by Crippen LogP contribution is -1.84. The van der Waals surface area contributed by atoms with Crippen LogP contribution in [0.4, 0.5) is 0 Å². The van der Waals surface area contributed by atoms with Crippen molar-refractivity contribution in [3.8, 4) is 0 Å². The van der Waals surface area contributed by atoms with Crippen molar-refractivity contribution >= 4 is 0 Å². The maximum atomic E-state index is 2.45. The molecule has 0 radical (unpaired) electrons. The second kappa shape index (κ2) is 11.3. The Labute approximate surface area is 115 Å². The van der Waals surface area contributed by atoms with Gasteiger partial charge in [0.2, 0.25) is 0 Å². The van der Waals surface area contributed by atoms with E-state index in [2.05, 4.69) is 52.8 Å². The van der Waals surface area contributed by atoms with Crippen LogP contribution in [-0.2, 0) is 0 Å². The van der Waals surface area contributed by atoms with Gasteiger partial charge in [-0.15, -0.1) is 0 Å². The number of hydrogen-bond donors (Lipinski definition) is 0. The summed E-state index contributed by atoms with van der Waals surface area (Å²) in [5, 5.41) is 0. The van der Waals surface area contributed by atoms with E-state index in [0.29, 0.717) is 0 Å². The summed E-state index contributed by atoms with van der Waals surface area (Å²) in [6.45, 7) is 11.1. The summed E-state index contributed by atoms with van der Waals surface area (Å²) in [4.78, 5) is 0. The third-order valence-electron chi connectivity index (χ3n) is 3.10. The van der Waals surface area contributed by atoms with Crippen molar-refractivity contribution in [1.82, 2.24) is 0 Å². The predicted molar refractivity (Wildman–Crippen MR) is 84.9 cm³/mol. The van der Waals surface area contributed by atoms with E-state index in [1.54, 1.807) is 5.57 Å². The van der Waals surface area contributed by atoms with Gasteiger partial charge in [0, 0.05) is 0 Å². The van der Waals surface area contributed by atoms with E-state index < -0.39 is 0 Å². The van der Waals surface area contributed by atoms with Crippen LogP contribution in [0.1, 0.15) is 79.6 Å². The molecule has 0 rings (SSSR count). The Morgan fingerprint density at radius 2 is 1.50 bits per heavy atom. The topological polar surface area (TPSA) is 0 Å². The van der Waals surface area contributed by atoms with Gasteiger partial charge in [-0.05, 0) is 52.9 Å². The zero-order chi connectivity index (χ0) is 13.8. The Bertz CT molecular complexity index is 285. The molecule has 0 unspecified atom stereocenters. The summed E-state index contributed by atoms with van der Waals surface area (Å²) in [6.07, 6.45) is 15.8. The van der Waals surface area contributed by atoms with Crippen LogP contribution in [0.3, 0.4) is 0 Å². The Hall–Kier alpha value is -0.780. The molecule has 0 aliphatic rings. The van der Waals surface area contributed by atoms with E-state index >= 15 is 0 Å². The normalized spacial score (nSPS) is 12.7. The number of rotatable bonds is 9. The van der Waals surface area contributed by atoms with Gasteiger partial charge in [0.05, 0.1) is 0 Å². The smallest absolute Gasteiger partial charge is 0.0136 e. The maximum absolute atomic E-state index is 2.45. The number of hydrogen-bond acceptors (Lipinski definition) is 0. The molecule has 0 aromatic rings. The van der Waals surface area contributed by atoms with Gasteiger partial charge in [-0.1, -0.05) is 61.6 Å². The Balaban J connectivity index is 4.17. The van der Waals surface area contributed by atoms with Gasteiger partial charge in [0.25, 0.3) is 0 Å². The molecule has 0 bridgehead atoms. The van der Waals surface area contributed by atoms with E-state index in [0.717, 1.165) is 6.42 Å². The van der Waals surface area contributed by atoms with Gasteiger partial charge in [0.1, 0.15) is 0 Å². The monoisotopic (exact) mass is 248 g/mol. The summed E-state index contributed by atoms with van der Waals surface area (Å²) in [7, 11) is 0. The largest absolute Gasteiger partial charge is 0.0856 e. The van der Waals surface area contributed by atoms with Gasteiger partial charge in [-0.2, -0.15) is 0 Å². The molecule has 0 saturated heterocycles. The molecule has 0 atom stereocenters. The molecule has 104 valence electrons. The summed E-state index contributed by atoms with van der Waals surface area (Å²) >= 11 is 0. The summed E-state index contributed by atoms with van der Waals surface area (Å²) in [6, 6.07) is 0. The fourth-order valence-electron chi connectivity index (χ4n) is 1.95. The van der Waals surface area contributed by atoms with E-state index in [9.17, 15) is 0 Å². The molecule has 0 spiro atoms. The lowest BCUT2D eigenvalue weighted by molar-refractivity contribution is 0.848. The first-order valence-electron chi connectivity index (χ1n) is 7.57. The maximum Gasteiger partial charge on any atom is -0.0136 e. The molecule has 0 aromatic heterocycles. The highest BCUT2D eigenvalue weighted by atomic mass is 14.0. The van der Waals surface area contributed by atoms with Crippen molar-refractivity contribution in [1.29, 1.82) is 0 Å². The molecular weight excluding hydrogens is 216 g/mol. The second-order valence-corrected chi connectivity index (χ2v) is 5.48. The molecule has 18 heavy (non-hydrogen) atoms. The van der Waals surface area contributed by atoms with Crippen molar-refractivity contribution in [3.05, 3.63) is 34.9 Å². The molecule has 0 aliphatic carbocycles. The van der Waals surface area contributed by atoms with E-state index in [1.807, 2.05) is 0 Å². The zero-order valence-electron chi connectivity index (χ0n) is 13.2. The minimum Gasteiger partial charge on any atom is -0.0856 e. The van der Waals surface area contributed by atoms with Crippen LogP contribution in [0, 0.1) is 0 Å². The highest BCUT2D eigenvalue weighted by Gasteiger charge is 1.95. The minimum atomic E-state index is 1.16. The van der Waals surface area contributed by atoms with Crippen LogP contribution in [0.15, 0.2) is 34.9 Å². The third kappa shape index (κ3) is 10.4. The third-order valence-corrected chi connectivity index (χ3v) is 3.10. The van der Waals surface area contributed by atoms with Crippen LogP contribution in [-0.4, -0.2) is 0 Å². The van der Waals surface area contributed by atoms with Crippen molar-refractivity contribution < 1.29 is 0 Å². The fourth-order valence-corrected chi connectivity index (χ4v) is 1.95. The first-order valence-corrected chi connectivity index (χ1v) is 7.57. The Morgan fingerprint density at radius 3 is 2.06 bits per heavy atom. The van der Waals surface area contributed by atoms with Crippen LogP contribution in [0.2, 0.25) is 0 Å². The van der Waals surface area contributed by atoms with Crippen molar-refractivity contribution in [2.45, 2.75) is 79.6 Å².